The highest BCUT2D eigenvalue weighted by molar-refractivity contribution is 7.89. The number of sulfonamides is 1. The number of ether oxygens (including phenoxy) is 1. The molecule has 1 fully saturated rings. The number of hydrogen-bond acceptors (Lipinski definition) is 4. The van der Waals surface area contributed by atoms with Crippen LogP contribution < -0.4 is 4.74 Å². The summed E-state index contributed by atoms with van der Waals surface area (Å²) in [6.07, 6.45) is 0. The number of hydrogen-bond donors (Lipinski definition) is 1. The Bertz CT molecular complexity index is 543. The van der Waals surface area contributed by atoms with Crippen LogP contribution in [0.1, 0.15) is 6.92 Å². The number of aliphatic hydroxyl groups is 1. The summed E-state index contributed by atoms with van der Waals surface area (Å²) in [6, 6.07) is 6.60. The van der Waals surface area contributed by atoms with Crippen molar-refractivity contribution in [3.8, 4) is 5.75 Å². The van der Waals surface area contributed by atoms with Crippen LogP contribution in [0.5, 0.6) is 5.75 Å². The molecule has 106 valence electrons. The number of nitrogens with zero attached hydrogens (tertiary/aromatic N) is 1. The molecule has 0 saturated carbocycles. The van der Waals surface area contributed by atoms with Gasteiger partial charge in [0.05, 0.1) is 7.11 Å². The highest BCUT2D eigenvalue weighted by Gasteiger charge is 2.37. The first-order chi connectivity index (χ1) is 9.00. The number of benzene rings is 1. The Balaban J connectivity index is 2.33. The van der Waals surface area contributed by atoms with Gasteiger partial charge in [0.1, 0.15) is 10.6 Å². The molecule has 1 aromatic rings. The van der Waals surface area contributed by atoms with E-state index in [1.807, 2.05) is 6.92 Å². The molecular weight excluding hydrogens is 266 g/mol. The molecule has 1 saturated heterocycles. The van der Waals surface area contributed by atoms with Crippen molar-refractivity contribution in [3.63, 3.8) is 0 Å². The van der Waals surface area contributed by atoms with Crippen LogP contribution in [0.2, 0.25) is 0 Å². The van der Waals surface area contributed by atoms with Crippen LogP contribution in [0.3, 0.4) is 0 Å². The smallest absolute Gasteiger partial charge is 0.246 e. The Morgan fingerprint density at radius 2 is 2.05 bits per heavy atom. The second-order valence-electron chi connectivity index (χ2n) is 4.89. The SMILES string of the molecule is COc1ccccc1S(=O)(=O)N1C[C@@H](CO)[C@H](C)C1. The Labute approximate surface area is 113 Å². The third-order valence-corrected chi connectivity index (χ3v) is 5.53. The van der Waals surface area contributed by atoms with E-state index in [1.54, 1.807) is 24.3 Å². The van der Waals surface area contributed by atoms with E-state index in [1.165, 1.54) is 11.4 Å². The third-order valence-electron chi connectivity index (χ3n) is 3.66. The Morgan fingerprint density at radius 3 is 2.63 bits per heavy atom. The number of methoxy groups -OCH3 is 1. The summed E-state index contributed by atoms with van der Waals surface area (Å²) >= 11 is 0. The third kappa shape index (κ3) is 2.61. The molecule has 0 unspecified atom stereocenters. The zero-order chi connectivity index (χ0) is 14.0. The van der Waals surface area contributed by atoms with Crippen molar-refractivity contribution in [1.29, 1.82) is 0 Å². The molecule has 1 N–H and O–H groups in total. The van der Waals surface area contributed by atoms with Crippen LogP contribution >= 0.6 is 0 Å². The minimum absolute atomic E-state index is 0.00415. The molecular formula is C13H19NO4S. The largest absolute Gasteiger partial charge is 0.495 e. The fourth-order valence-electron chi connectivity index (χ4n) is 2.39. The first-order valence-electron chi connectivity index (χ1n) is 6.24. The molecule has 0 amide bonds. The predicted octanol–water partition coefficient (Wildman–Crippen LogP) is 0.944. The van der Waals surface area contributed by atoms with Crippen molar-refractivity contribution in [2.45, 2.75) is 11.8 Å². The van der Waals surface area contributed by atoms with E-state index < -0.39 is 10.0 Å². The zero-order valence-corrected chi connectivity index (χ0v) is 11.9. The molecule has 0 aromatic heterocycles. The molecule has 0 radical (unpaired) electrons. The van der Waals surface area contributed by atoms with Gasteiger partial charge in [0.2, 0.25) is 10.0 Å². The fourth-order valence-corrected chi connectivity index (χ4v) is 4.14. The van der Waals surface area contributed by atoms with Crippen LogP contribution in [0.4, 0.5) is 0 Å². The van der Waals surface area contributed by atoms with Gasteiger partial charge in [-0.05, 0) is 24.0 Å². The molecule has 0 spiro atoms. The highest BCUT2D eigenvalue weighted by atomic mass is 32.2. The van der Waals surface area contributed by atoms with Gasteiger partial charge >= 0.3 is 0 Å². The van der Waals surface area contributed by atoms with E-state index >= 15 is 0 Å². The molecule has 5 nitrogen and oxygen atoms in total. The first-order valence-corrected chi connectivity index (χ1v) is 7.68. The van der Waals surface area contributed by atoms with E-state index in [2.05, 4.69) is 0 Å². The van der Waals surface area contributed by atoms with Gasteiger partial charge < -0.3 is 9.84 Å². The molecule has 2 rings (SSSR count). The maximum Gasteiger partial charge on any atom is 0.246 e. The monoisotopic (exact) mass is 285 g/mol. The summed E-state index contributed by atoms with van der Waals surface area (Å²) in [5.74, 6) is 0.515. The molecule has 1 heterocycles. The average molecular weight is 285 g/mol. The van der Waals surface area contributed by atoms with Crippen LogP contribution in [-0.4, -0.2) is 44.6 Å². The van der Waals surface area contributed by atoms with Gasteiger partial charge in [-0.1, -0.05) is 19.1 Å². The molecule has 0 bridgehead atoms. The summed E-state index contributed by atoms with van der Waals surface area (Å²) < 4.78 is 31.7. The van der Waals surface area contributed by atoms with Gasteiger partial charge in [0, 0.05) is 19.7 Å². The van der Waals surface area contributed by atoms with Crippen LogP contribution in [0.25, 0.3) is 0 Å². The van der Waals surface area contributed by atoms with Gasteiger partial charge in [0.25, 0.3) is 0 Å². The molecule has 2 atom stereocenters. The second kappa shape index (κ2) is 5.48. The van der Waals surface area contributed by atoms with Crippen molar-refractivity contribution in [2.75, 3.05) is 26.8 Å². The maximum absolute atomic E-state index is 12.6. The summed E-state index contributed by atoms with van der Waals surface area (Å²) in [4.78, 5) is 0.184. The lowest BCUT2D eigenvalue weighted by Gasteiger charge is -2.18. The normalized spacial score (nSPS) is 24.6. The second-order valence-corrected chi connectivity index (χ2v) is 6.80. The topological polar surface area (TPSA) is 66.8 Å². The van der Waals surface area contributed by atoms with Gasteiger partial charge in [-0.3, -0.25) is 0 Å². The molecule has 19 heavy (non-hydrogen) atoms. The lowest BCUT2D eigenvalue weighted by Crippen LogP contribution is -2.29. The van der Waals surface area contributed by atoms with Gasteiger partial charge in [-0.25, -0.2) is 8.42 Å². The van der Waals surface area contributed by atoms with Gasteiger partial charge in [0.15, 0.2) is 0 Å². The Kier molecular flexibility index (Phi) is 4.13. The number of rotatable bonds is 4. The minimum atomic E-state index is -3.56. The summed E-state index contributed by atoms with van der Waals surface area (Å²) in [5, 5.41) is 9.25. The van der Waals surface area contributed by atoms with E-state index in [0.29, 0.717) is 18.8 Å². The van der Waals surface area contributed by atoms with Crippen LogP contribution in [0.15, 0.2) is 29.2 Å². The van der Waals surface area contributed by atoms with Crippen LogP contribution in [0, 0.1) is 11.8 Å². The molecule has 1 aliphatic heterocycles. The molecule has 1 aromatic carbocycles. The van der Waals surface area contributed by atoms with E-state index in [4.69, 9.17) is 4.74 Å². The number of aliphatic hydroxyl groups excluding tert-OH is 1. The lowest BCUT2D eigenvalue weighted by atomic mass is 10.00. The highest BCUT2D eigenvalue weighted by Crippen LogP contribution is 2.31. The van der Waals surface area contributed by atoms with E-state index in [0.717, 1.165) is 0 Å². The fraction of sp³-hybridized carbons (Fsp3) is 0.538. The lowest BCUT2D eigenvalue weighted by molar-refractivity contribution is 0.210. The van der Waals surface area contributed by atoms with Crippen molar-refractivity contribution < 1.29 is 18.3 Å². The van der Waals surface area contributed by atoms with Gasteiger partial charge in [-0.2, -0.15) is 4.31 Å². The maximum atomic E-state index is 12.6. The Hall–Kier alpha value is -1.11. The molecule has 6 heteroatoms. The van der Waals surface area contributed by atoms with Crippen molar-refractivity contribution in [3.05, 3.63) is 24.3 Å². The van der Waals surface area contributed by atoms with E-state index in [9.17, 15) is 13.5 Å². The predicted molar refractivity (Wildman–Crippen MR) is 71.5 cm³/mol. The Morgan fingerprint density at radius 1 is 1.37 bits per heavy atom. The average Bonchev–Trinajstić information content (AvgIpc) is 2.80. The van der Waals surface area contributed by atoms with Gasteiger partial charge in [-0.15, -0.1) is 0 Å². The van der Waals surface area contributed by atoms with Crippen molar-refractivity contribution in [1.82, 2.24) is 4.31 Å². The van der Waals surface area contributed by atoms with Crippen LogP contribution in [-0.2, 0) is 10.0 Å². The summed E-state index contributed by atoms with van der Waals surface area (Å²) in [7, 11) is -2.10. The minimum Gasteiger partial charge on any atom is -0.495 e. The van der Waals surface area contributed by atoms with Crippen molar-refractivity contribution >= 4 is 10.0 Å². The standard InChI is InChI=1S/C13H19NO4S/c1-10-7-14(8-11(10)9-15)19(16,17)13-6-4-3-5-12(13)18-2/h3-6,10-11,15H,7-9H2,1-2H3/t10-,11+/m1/s1. The molecule has 1 aliphatic rings. The summed E-state index contributed by atoms with van der Waals surface area (Å²) in [6.45, 7) is 2.77. The van der Waals surface area contributed by atoms with Crippen molar-refractivity contribution in [2.24, 2.45) is 11.8 Å². The number of para-hydroxylation sites is 1. The quantitative estimate of drug-likeness (QED) is 0.894. The molecule has 0 aliphatic carbocycles. The first kappa shape index (κ1) is 14.3. The van der Waals surface area contributed by atoms with E-state index in [-0.39, 0.29) is 23.3 Å². The zero-order valence-electron chi connectivity index (χ0n) is 11.1. The summed E-state index contributed by atoms with van der Waals surface area (Å²) in [5.41, 5.74) is 0.